The third-order valence-electron chi connectivity index (χ3n) is 2.39. The van der Waals surface area contributed by atoms with Crippen LogP contribution in [0.2, 0.25) is 0 Å². The van der Waals surface area contributed by atoms with E-state index >= 15 is 0 Å². The van der Waals surface area contributed by atoms with Gasteiger partial charge in [0.2, 0.25) is 0 Å². The van der Waals surface area contributed by atoms with Gasteiger partial charge in [-0.15, -0.1) is 0 Å². The van der Waals surface area contributed by atoms with Gasteiger partial charge in [0.25, 0.3) is 0 Å². The molecule has 14 heavy (non-hydrogen) atoms. The van der Waals surface area contributed by atoms with E-state index in [-0.39, 0.29) is 0 Å². The van der Waals surface area contributed by atoms with Gasteiger partial charge in [-0.05, 0) is 18.0 Å². The summed E-state index contributed by atoms with van der Waals surface area (Å²) in [5.74, 6) is 1.45. The Morgan fingerprint density at radius 3 is 2.86 bits per heavy atom. The maximum Gasteiger partial charge on any atom is 0.190 e. The summed E-state index contributed by atoms with van der Waals surface area (Å²) in [7, 11) is 0. The van der Waals surface area contributed by atoms with Crippen LogP contribution >= 0.6 is 0 Å². The lowest BCUT2D eigenvalue weighted by atomic mass is 10.1. The third kappa shape index (κ3) is 0.909. The molecule has 3 rings (SSSR count). The van der Waals surface area contributed by atoms with Crippen LogP contribution in [0.5, 0.6) is 5.75 Å². The Labute approximate surface area is 81.8 Å². The van der Waals surface area contributed by atoms with E-state index in [1.807, 2.05) is 18.2 Å². The standard InChI is InChI=1S/C12H9NO/c1-8-13-12-10-5-3-2-4-9(10)6-7-11(12)14-8/h2-7,13H,1H2. The average Bonchev–Trinajstić information content (AvgIpc) is 2.59. The maximum atomic E-state index is 5.41. The zero-order valence-electron chi connectivity index (χ0n) is 7.58. The van der Waals surface area contributed by atoms with E-state index < -0.39 is 0 Å². The Hall–Kier alpha value is -1.96. The SMILES string of the molecule is C=C1Nc2c(ccc3ccccc23)O1. The lowest BCUT2D eigenvalue weighted by Crippen LogP contribution is -1.92. The number of ether oxygens (including phenoxy) is 1. The minimum atomic E-state index is 0.594. The first-order chi connectivity index (χ1) is 6.84. The zero-order valence-corrected chi connectivity index (χ0v) is 7.58. The number of nitrogens with one attached hydrogen (secondary N) is 1. The molecule has 1 aliphatic rings. The van der Waals surface area contributed by atoms with Crippen molar-refractivity contribution in [2.45, 2.75) is 0 Å². The van der Waals surface area contributed by atoms with Crippen LogP contribution in [0.15, 0.2) is 48.9 Å². The Balaban J connectivity index is 2.39. The van der Waals surface area contributed by atoms with E-state index in [4.69, 9.17) is 4.74 Å². The Morgan fingerprint density at radius 1 is 1.07 bits per heavy atom. The van der Waals surface area contributed by atoms with Crippen molar-refractivity contribution in [2.75, 3.05) is 5.32 Å². The molecule has 2 heteroatoms. The van der Waals surface area contributed by atoms with Crippen molar-refractivity contribution in [1.29, 1.82) is 0 Å². The van der Waals surface area contributed by atoms with Crippen LogP contribution in [-0.4, -0.2) is 0 Å². The molecule has 0 spiro atoms. The number of rotatable bonds is 0. The van der Waals surface area contributed by atoms with Gasteiger partial charge in [0.15, 0.2) is 11.6 Å². The van der Waals surface area contributed by atoms with Crippen LogP contribution in [0, 0.1) is 0 Å². The highest BCUT2D eigenvalue weighted by Crippen LogP contribution is 2.38. The molecule has 0 amide bonds. The summed E-state index contributed by atoms with van der Waals surface area (Å²) in [6.45, 7) is 3.74. The highest BCUT2D eigenvalue weighted by atomic mass is 16.5. The topological polar surface area (TPSA) is 21.3 Å². The summed E-state index contributed by atoms with van der Waals surface area (Å²) in [5.41, 5.74) is 1.02. The van der Waals surface area contributed by atoms with Crippen molar-refractivity contribution in [3.05, 3.63) is 48.9 Å². The average molecular weight is 183 g/mol. The molecule has 1 N–H and O–H groups in total. The van der Waals surface area contributed by atoms with Crippen molar-refractivity contribution in [1.82, 2.24) is 0 Å². The van der Waals surface area contributed by atoms with Crippen molar-refractivity contribution < 1.29 is 4.74 Å². The monoisotopic (exact) mass is 183 g/mol. The second-order valence-corrected chi connectivity index (χ2v) is 3.31. The fourth-order valence-corrected chi connectivity index (χ4v) is 1.76. The predicted molar refractivity (Wildman–Crippen MR) is 57.3 cm³/mol. The lowest BCUT2D eigenvalue weighted by molar-refractivity contribution is 0.460. The second kappa shape index (κ2) is 2.51. The van der Waals surface area contributed by atoms with E-state index in [2.05, 4.69) is 30.1 Å². The van der Waals surface area contributed by atoms with Gasteiger partial charge >= 0.3 is 0 Å². The van der Waals surface area contributed by atoms with Gasteiger partial charge in [0.1, 0.15) is 0 Å². The molecule has 0 bridgehead atoms. The molecule has 1 aliphatic heterocycles. The summed E-state index contributed by atoms with van der Waals surface area (Å²) in [5, 5.41) is 5.50. The fraction of sp³-hybridized carbons (Fsp3) is 0. The first-order valence-corrected chi connectivity index (χ1v) is 4.50. The number of benzene rings is 2. The summed E-state index contributed by atoms with van der Waals surface area (Å²) >= 11 is 0. The highest BCUT2D eigenvalue weighted by Gasteiger charge is 2.16. The van der Waals surface area contributed by atoms with E-state index in [1.165, 1.54) is 10.8 Å². The normalized spacial score (nSPS) is 13.6. The van der Waals surface area contributed by atoms with E-state index in [1.54, 1.807) is 0 Å². The quantitative estimate of drug-likeness (QED) is 0.677. The number of hydrogen-bond acceptors (Lipinski definition) is 2. The van der Waals surface area contributed by atoms with E-state index in [9.17, 15) is 0 Å². The van der Waals surface area contributed by atoms with Gasteiger partial charge in [-0.3, -0.25) is 0 Å². The van der Waals surface area contributed by atoms with E-state index in [0.29, 0.717) is 5.88 Å². The Morgan fingerprint density at radius 2 is 1.93 bits per heavy atom. The van der Waals surface area contributed by atoms with Crippen LogP contribution in [0.4, 0.5) is 5.69 Å². The first kappa shape index (κ1) is 7.44. The molecular weight excluding hydrogens is 174 g/mol. The molecule has 0 aliphatic carbocycles. The van der Waals surface area contributed by atoms with Crippen molar-refractivity contribution in [3.8, 4) is 5.75 Å². The molecule has 2 nitrogen and oxygen atoms in total. The predicted octanol–water partition coefficient (Wildman–Crippen LogP) is 3.12. The zero-order chi connectivity index (χ0) is 9.54. The molecule has 2 aromatic carbocycles. The van der Waals surface area contributed by atoms with Gasteiger partial charge in [-0.1, -0.05) is 30.3 Å². The third-order valence-corrected chi connectivity index (χ3v) is 2.39. The molecule has 0 atom stereocenters. The number of hydrogen-bond donors (Lipinski definition) is 1. The van der Waals surface area contributed by atoms with Crippen LogP contribution in [-0.2, 0) is 0 Å². The van der Waals surface area contributed by atoms with Crippen LogP contribution in [0.1, 0.15) is 0 Å². The summed E-state index contributed by atoms with van der Waals surface area (Å²) in [6, 6.07) is 12.2. The molecule has 0 fully saturated rings. The second-order valence-electron chi connectivity index (χ2n) is 3.31. The molecule has 1 heterocycles. The van der Waals surface area contributed by atoms with Crippen molar-refractivity contribution in [2.24, 2.45) is 0 Å². The Bertz CT molecular complexity index is 531. The number of anilines is 1. The lowest BCUT2D eigenvalue weighted by Gasteiger charge is -2.01. The molecule has 0 radical (unpaired) electrons. The van der Waals surface area contributed by atoms with E-state index in [0.717, 1.165) is 11.4 Å². The number of fused-ring (bicyclic) bond motifs is 3. The van der Waals surface area contributed by atoms with Gasteiger partial charge in [-0.25, -0.2) is 0 Å². The summed E-state index contributed by atoms with van der Waals surface area (Å²) < 4.78 is 5.41. The fourth-order valence-electron chi connectivity index (χ4n) is 1.76. The van der Waals surface area contributed by atoms with Crippen LogP contribution in [0.25, 0.3) is 10.8 Å². The minimum Gasteiger partial charge on any atom is -0.439 e. The maximum absolute atomic E-state index is 5.41. The summed E-state index contributed by atoms with van der Waals surface area (Å²) in [6.07, 6.45) is 0. The largest absolute Gasteiger partial charge is 0.439 e. The van der Waals surface area contributed by atoms with Gasteiger partial charge in [-0.2, -0.15) is 0 Å². The minimum absolute atomic E-state index is 0.594. The van der Waals surface area contributed by atoms with Crippen LogP contribution < -0.4 is 10.1 Å². The van der Waals surface area contributed by atoms with Gasteiger partial charge in [0, 0.05) is 5.39 Å². The first-order valence-electron chi connectivity index (χ1n) is 4.50. The molecule has 2 aromatic rings. The molecule has 0 unspecified atom stereocenters. The van der Waals surface area contributed by atoms with Crippen LogP contribution in [0.3, 0.4) is 0 Å². The highest BCUT2D eigenvalue weighted by molar-refractivity contribution is 5.98. The Kier molecular flexibility index (Phi) is 1.34. The molecular formula is C12H9NO. The van der Waals surface area contributed by atoms with Crippen molar-refractivity contribution >= 4 is 16.5 Å². The smallest absolute Gasteiger partial charge is 0.190 e. The summed E-state index contributed by atoms with van der Waals surface area (Å²) in [4.78, 5) is 0. The van der Waals surface area contributed by atoms with Gasteiger partial charge in [0.05, 0.1) is 5.69 Å². The molecule has 68 valence electrons. The molecule has 0 saturated carbocycles. The molecule has 0 aromatic heterocycles. The van der Waals surface area contributed by atoms with Gasteiger partial charge < -0.3 is 10.1 Å². The van der Waals surface area contributed by atoms with Crippen molar-refractivity contribution in [3.63, 3.8) is 0 Å². The molecule has 0 saturated heterocycles.